The van der Waals surface area contributed by atoms with E-state index in [4.69, 9.17) is 5.11 Å². The summed E-state index contributed by atoms with van der Waals surface area (Å²) in [5.74, 6) is -2.56. The van der Waals surface area contributed by atoms with E-state index in [-0.39, 0.29) is 18.1 Å². The Balaban J connectivity index is 1.84. The zero-order valence-corrected chi connectivity index (χ0v) is 16.6. The third-order valence-electron chi connectivity index (χ3n) is 5.06. The van der Waals surface area contributed by atoms with Crippen LogP contribution in [0.25, 0.3) is 0 Å². The van der Waals surface area contributed by atoms with Crippen molar-refractivity contribution in [2.24, 2.45) is 0 Å². The molecule has 0 spiro atoms. The molecule has 0 fully saturated rings. The number of carbonyl (C=O) groups is 3. The number of ketones is 1. The molecule has 0 saturated carbocycles. The molecule has 1 unspecified atom stereocenters. The molecule has 9 heteroatoms. The van der Waals surface area contributed by atoms with Gasteiger partial charge in [0.2, 0.25) is 0 Å². The molecule has 30 heavy (non-hydrogen) atoms. The van der Waals surface area contributed by atoms with Crippen molar-refractivity contribution in [3.05, 3.63) is 52.6 Å². The molecule has 1 aromatic heterocycles. The van der Waals surface area contributed by atoms with Crippen LogP contribution < -0.4 is 10.6 Å². The van der Waals surface area contributed by atoms with E-state index in [1.165, 1.54) is 24.3 Å². The topological polar surface area (TPSA) is 121 Å². The van der Waals surface area contributed by atoms with Crippen LogP contribution in [0.2, 0.25) is 0 Å². The van der Waals surface area contributed by atoms with Crippen molar-refractivity contribution < 1.29 is 29.0 Å². The molecular weight excluding hydrogens is 393 g/mol. The summed E-state index contributed by atoms with van der Waals surface area (Å²) < 4.78 is 15.1. The number of hydrogen-bond acceptors (Lipinski definition) is 5. The molecule has 1 aliphatic rings. The van der Waals surface area contributed by atoms with Crippen molar-refractivity contribution in [3.8, 4) is 0 Å². The van der Waals surface area contributed by atoms with Gasteiger partial charge in [-0.15, -0.1) is 0 Å². The molecule has 8 nitrogen and oxygen atoms in total. The van der Waals surface area contributed by atoms with Crippen molar-refractivity contribution in [1.29, 1.82) is 0 Å². The van der Waals surface area contributed by atoms with Crippen LogP contribution in [-0.4, -0.2) is 51.6 Å². The Labute approximate surface area is 172 Å². The smallest absolute Gasteiger partial charge is 0.294 e. The van der Waals surface area contributed by atoms with Gasteiger partial charge in [-0.05, 0) is 56.0 Å². The lowest BCUT2D eigenvalue weighted by Crippen LogP contribution is -2.38. The molecule has 1 aliphatic heterocycles. The molecule has 1 atom stereocenters. The second-order valence-electron chi connectivity index (χ2n) is 7.29. The number of aliphatic hydroxyl groups is 2. The van der Waals surface area contributed by atoms with Gasteiger partial charge in [-0.1, -0.05) is 0 Å². The minimum Gasteiger partial charge on any atom is -0.394 e. The Hall–Kier alpha value is -3.04. The predicted molar refractivity (Wildman–Crippen MR) is 107 cm³/mol. The average molecular weight is 417 g/mol. The van der Waals surface area contributed by atoms with Gasteiger partial charge in [-0.3, -0.25) is 14.4 Å². The van der Waals surface area contributed by atoms with Crippen LogP contribution in [0.3, 0.4) is 0 Å². The van der Waals surface area contributed by atoms with Crippen LogP contribution in [0.4, 0.5) is 10.1 Å². The lowest BCUT2D eigenvalue weighted by Gasteiger charge is -2.18. The van der Waals surface area contributed by atoms with E-state index in [0.717, 1.165) is 12.8 Å². The molecule has 2 aromatic rings. The van der Waals surface area contributed by atoms with Gasteiger partial charge >= 0.3 is 0 Å². The summed E-state index contributed by atoms with van der Waals surface area (Å²) in [6, 6.07) is 5.63. The van der Waals surface area contributed by atoms with Gasteiger partial charge in [0.15, 0.2) is 0 Å². The number of carbonyl (C=O) groups excluding carboxylic acids is 3. The van der Waals surface area contributed by atoms with E-state index in [1.54, 1.807) is 11.5 Å². The third kappa shape index (κ3) is 4.58. The average Bonchev–Trinajstić information content (AvgIpc) is 3.13. The molecule has 0 bridgehead atoms. The summed E-state index contributed by atoms with van der Waals surface area (Å²) in [7, 11) is 0. The monoisotopic (exact) mass is 417 g/mol. The Morgan fingerprint density at radius 3 is 2.70 bits per heavy atom. The summed E-state index contributed by atoms with van der Waals surface area (Å²) in [5, 5.41) is 23.2. The highest BCUT2D eigenvalue weighted by Gasteiger charge is 2.28. The van der Waals surface area contributed by atoms with Crippen molar-refractivity contribution in [3.63, 3.8) is 0 Å². The van der Waals surface area contributed by atoms with Gasteiger partial charge in [0, 0.05) is 24.5 Å². The van der Waals surface area contributed by atoms with Gasteiger partial charge in [0.05, 0.1) is 24.0 Å². The number of amides is 2. The number of nitrogens with zero attached hydrogens (tertiary/aromatic N) is 1. The fourth-order valence-electron chi connectivity index (χ4n) is 3.45. The van der Waals surface area contributed by atoms with Gasteiger partial charge in [-0.25, -0.2) is 4.39 Å². The molecule has 1 aromatic carbocycles. The number of benzene rings is 1. The van der Waals surface area contributed by atoms with Crippen LogP contribution in [0.15, 0.2) is 24.3 Å². The van der Waals surface area contributed by atoms with Crippen molar-refractivity contribution in [1.82, 2.24) is 9.88 Å². The van der Waals surface area contributed by atoms with Crippen LogP contribution in [-0.2, 0) is 17.8 Å². The largest absolute Gasteiger partial charge is 0.394 e. The number of Topliss-reactive ketones (excluding diaryl/α,β-unsaturated/α-hetero) is 1. The minimum atomic E-state index is -1.16. The first kappa shape index (κ1) is 21.7. The maximum atomic E-state index is 13.5. The van der Waals surface area contributed by atoms with Crippen LogP contribution in [0, 0.1) is 12.7 Å². The lowest BCUT2D eigenvalue weighted by molar-refractivity contribution is -0.117. The highest BCUT2D eigenvalue weighted by molar-refractivity contribution is 6.42. The third-order valence-corrected chi connectivity index (χ3v) is 5.06. The Kier molecular flexibility index (Phi) is 6.63. The SMILES string of the molecule is Cc1cc(NC(=O)c2cc(C(=O)C(=O)NCC(O)CO)n3c2CCCC3)ccc1F. The Bertz CT molecular complexity index is 985. The quantitative estimate of drug-likeness (QED) is 0.398. The first-order chi connectivity index (χ1) is 14.3. The number of aromatic nitrogens is 1. The number of hydrogen-bond donors (Lipinski definition) is 4. The summed E-state index contributed by atoms with van der Waals surface area (Å²) in [6.07, 6.45) is 1.08. The predicted octanol–water partition coefficient (Wildman–Crippen LogP) is 1.18. The van der Waals surface area contributed by atoms with Gasteiger partial charge < -0.3 is 25.4 Å². The molecule has 0 saturated heterocycles. The number of anilines is 1. The maximum Gasteiger partial charge on any atom is 0.294 e. The molecule has 4 N–H and O–H groups in total. The summed E-state index contributed by atoms with van der Waals surface area (Å²) >= 11 is 0. The second kappa shape index (κ2) is 9.19. The van der Waals surface area contributed by atoms with E-state index in [9.17, 15) is 23.9 Å². The molecular formula is C21H24FN3O5. The fourth-order valence-corrected chi connectivity index (χ4v) is 3.45. The van der Waals surface area contributed by atoms with Crippen molar-refractivity contribution in [2.75, 3.05) is 18.5 Å². The normalized spacial score (nSPS) is 14.0. The highest BCUT2D eigenvalue weighted by Crippen LogP contribution is 2.25. The zero-order chi connectivity index (χ0) is 21.8. The van der Waals surface area contributed by atoms with Crippen molar-refractivity contribution in [2.45, 2.75) is 38.8 Å². The number of fused-ring (bicyclic) bond motifs is 1. The molecule has 2 amide bonds. The Morgan fingerprint density at radius 2 is 2.00 bits per heavy atom. The van der Waals surface area contributed by atoms with Gasteiger partial charge in [0.1, 0.15) is 5.82 Å². The zero-order valence-electron chi connectivity index (χ0n) is 16.6. The molecule has 0 aliphatic carbocycles. The van der Waals surface area contributed by atoms with E-state index in [1.807, 2.05) is 0 Å². The number of nitrogens with one attached hydrogen (secondary N) is 2. The first-order valence-corrected chi connectivity index (χ1v) is 9.73. The number of halogens is 1. The van der Waals surface area contributed by atoms with Gasteiger partial charge in [-0.2, -0.15) is 0 Å². The van der Waals surface area contributed by atoms with Crippen LogP contribution >= 0.6 is 0 Å². The summed E-state index contributed by atoms with van der Waals surface area (Å²) in [5.41, 5.74) is 1.89. The number of aliphatic hydroxyl groups excluding tert-OH is 2. The summed E-state index contributed by atoms with van der Waals surface area (Å²) in [4.78, 5) is 37.7. The summed E-state index contributed by atoms with van der Waals surface area (Å²) in [6.45, 7) is 1.30. The molecule has 160 valence electrons. The second-order valence-corrected chi connectivity index (χ2v) is 7.29. The van der Waals surface area contributed by atoms with E-state index >= 15 is 0 Å². The Morgan fingerprint density at radius 1 is 1.23 bits per heavy atom. The molecule has 3 rings (SSSR count). The van der Waals surface area contributed by atoms with Crippen LogP contribution in [0.5, 0.6) is 0 Å². The van der Waals surface area contributed by atoms with Gasteiger partial charge in [0.25, 0.3) is 17.6 Å². The van der Waals surface area contributed by atoms with E-state index in [2.05, 4.69) is 10.6 Å². The van der Waals surface area contributed by atoms with Crippen molar-refractivity contribution >= 4 is 23.3 Å². The lowest BCUT2D eigenvalue weighted by atomic mass is 10.1. The first-order valence-electron chi connectivity index (χ1n) is 9.73. The molecule has 0 radical (unpaired) electrons. The minimum absolute atomic E-state index is 0.0983. The van der Waals surface area contributed by atoms with Crippen LogP contribution in [0.1, 0.15) is 44.9 Å². The molecule has 2 heterocycles. The van der Waals surface area contributed by atoms with E-state index < -0.39 is 30.3 Å². The number of aryl methyl sites for hydroxylation is 1. The maximum absolute atomic E-state index is 13.5. The van der Waals surface area contributed by atoms with E-state index in [0.29, 0.717) is 35.5 Å². The highest BCUT2D eigenvalue weighted by atomic mass is 19.1. The fraction of sp³-hybridized carbons (Fsp3) is 0.381. The standard InChI is InChI=1S/C21H24FN3O5/c1-12-8-13(5-6-16(12)22)24-20(29)15-9-18(25-7-3-2-4-17(15)25)19(28)21(30)23-10-14(27)11-26/h5-6,8-9,14,26-27H,2-4,7,10-11H2,1H3,(H,23,30)(H,24,29). The number of rotatable bonds is 7.